The summed E-state index contributed by atoms with van der Waals surface area (Å²) in [5.41, 5.74) is 3.44. The molecule has 1 heterocycles. The minimum atomic E-state index is -5.00. The SMILES string of the molecule is COc1cc(OC(F)(F)F)ccc1Oc1cc(C(F)(F)F)cc(C)c1C(=O)Nc1ccnc(C(N)=O)c1. The van der Waals surface area contributed by atoms with Crippen molar-refractivity contribution in [2.75, 3.05) is 12.4 Å². The number of hydrogen-bond donors (Lipinski definition) is 2. The summed E-state index contributed by atoms with van der Waals surface area (Å²) in [5.74, 6) is -3.66. The van der Waals surface area contributed by atoms with Crippen LogP contribution in [0.4, 0.5) is 32.0 Å². The van der Waals surface area contributed by atoms with Gasteiger partial charge in [0.15, 0.2) is 11.5 Å². The number of carbonyl (C=O) groups is 2. The number of primary amides is 1. The number of amides is 2. The van der Waals surface area contributed by atoms with Crippen molar-refractivity contribution in [2.45, 2.75) is 19.5 Å². The largest absolute Gasteiger partial charge is 0.573 e. The molecule has 3 N–H and O–H groups in total. The lowest BCUT2D eigenvalue weighted by Gasteiger charge is -2.18. The van der Waals surface area contributed by atoms with Gasteiger partial charge in [-0.2, -0.15) is 13.2 Å². The van der Waals surface area contributed by atoms with Gasteiger partial charge >= 0.3 is 12.5 Å². The smallest absolute Gasteiger partial charge is 0.493 e. The number of anilines is 1. The fraction of sp³-hybridized carbons (Fsp3) is 0.174. The molecule has 37 heavy (non-hydrogen) atoms. The number of pyridine rings is 1. The van der Waals surface area contributed by atoms with Crippen LogP contribution in [-0.2, 0) is 6.18 Å². The maximum Gasteiger partial charge on any atom is 0.573 e. The average Bonchev–Trinajstić information content (AvgIpc) is 2.78. The molecule has 0 saturated carbocycles. The van der Waals surface area contributed by atoms with E-state index in [1.54, 1.807) is 0 Å². The van der Waals surface area contributed by atoms with Gasteiger partial charge in [0.1, 0.15) is 17.2 Å². The number of nitrogens with two attached hydrogens (primary N) is 1. The fourth-order valence-electron chi connectivity index (χ4n) is 3.17. The van der Waals surface area contributed by atoms with Gasteiger partial charge in [-0.3, -0.25) is 14.6 Å². The Morgan fingerprint density at radius 2 is 1.65 bits per heavy atom. The Hall–Kier alpha value is -4.49. The van der Waals surface area contributed by atoms with Crippen molar-refractivity contribution >= 4 is 17.5 Å². The van der Waals surface area contributed by atoms with Crippen LogP contribution in [0.5, 0.6) is 23.0 Å². The number of hydrogen-bond acceptors (Lipinski definition) is 6. The number of carbonyl (C=O) groups excluding carboxylic acids is 2. The first kappa shape index (κ1) is 27.1. The highest BCUT2D eigenvalue weighted by atomic mass is 19.4. The predicted octanol–water partition coefficient (Wildman–Crippen LogP) is 5.46. The monoisotopic (exact) mass is 529 g/mol. The Bertz CT molecular complexity index is 1340. The molecule has 0 saturated heterocycles. The molecule has 14 heteroatoms. The molecular weight excluding hydrogens is 512 g/mol. The highest BCUT2D eigenvalue weighted by molar-refractivity contribution is 6.07. The lowest BCUT2D eigenvalue weighted by atomic mass is 10.0. The van der Waals surface area contributed by atoms with E-state index in [0.717, 1.165) is 37.4 Å². The molecule has 8 nitrogen and oxygen atoms in total. The molecule has 196 valence electrons. The van der Waals surface area contributed by atoms with E-state index in [2.05, 4.69) is 15.0 Å². The minimum absolute atomic E-state index is 0.0604. The van der Waals surface area contributed by atoms with E-state index in [1.807, 2.05) is 0 Å². The van der Waals surface area contributed by atoms with Crippen molar-refractivity contribution in [3.8, 4) is 23.0 Å². The Morgan fingerprint density at radius 1 is 0.946 bits per heavy atom. The topological polar surface area (TPSA) is 113 Å². The van der Waals surface area contributed by atoms with Crippen LogP contribution in [0, 0.1) is 6.92 Å². The molecule has 0 bridgehead atoms. The number of alkyl halides is 6. The van der Waals surface area contributed by atoms with Crippen LogP contribution >= 0.6 is 0 Å². The summed E-state index contributed by atoms with van der Waals surface area (Å²) in [6, 6.07) is 6.39. The predicted molar refractivity (Wildman–Crippen MR) is 117 cm³/mol. The second kappa shape index (κ2) is 10.2. The number of nitrogens with zero attached hydrogens (tertiary/aromatic N) is 1. The van der Waals surface area contributed by atoms with Crippen molar-refractivity contribution in [3.05, 3.63) is 71.0 Å². The molecule has 0 aliphatic heterocycles. The van der Waals surface area contributed by atoms with Crippen LogP contribution in [0.2, 0.25) is 0 Å². The second-order valence-corrected chi connectivity index (χ2v) is 7.37. The van der Waals surface area contributed by atoms with Gasteiger partial charge in [0.05, 0.1) is 18.2 Å². The van der Waals surface area contributed by atoms with Crippen LogP contribution in [-0.4, -0.2) is 30.3 Å². The van der Waals surface area contributed by atoms with E-state index in [9.17, 15) is 35.9 Å². The molecule has 2 aromatic carbocycles. The summed E-state index contributed by atoms with van der Waals surface area (Å²) in [6.45, 7) is 1.23. The maximum atomic E-state index is 13.5. The van der Waals surface area contributed by atoms with Gasteiger partial charge in [0, 0.05) is 18.0 Å². The van der Waals surface area contributed by atoms with Crippen LogP contribution < -0.4 is 25.3 Å². The zero-order valence-electron chi connectivity index (χ0n) is 19.0. The summed E-state index contributed by atoms with van der Waals surface area (Å²) in [4.78, 5) is 28.1. The number of aryl methyl sites for hydroxylation is 1. The molecule has 0 aliphatic rings. The first-order valence-corrected chi connectivity index (χ1v) is 10.1. The summed E-state index contributed by atoms with van der Waals surface area (Å²) in [5, 5.41) is 2.42. The van der Waals surface area contributed by atoms with Crippen molar-refractivity contribution in [1.82, 2.24) is 4.98 Å². The average molecular weight is 529 g/mol. The van der Waals surface area contributed by atoms with Gasteiger partial charge in [-0.1, -0.05) is 0 Å². The number of aromatic nitrogens is 1. The van der Waals surface area contributed by atoms with E-state index in [1.165, 1.54) is 19.2 Å². The van der Waals surface area contributed by atoms with Gasteiger partial charge in [-0.25, -0.2) is 0 Å². The van der Waals surface area contributed by atoms with E-state index >= 15 is 0 Å². The fourth-order valence-corrected chi connectivity index (χ4v) is 3.17. The number of nitrogens with one attached hydrogen (secondary N) is 1. The summed E-state index contributed by atoms with van der Waals surface area (Å²) in [7, 11) is 1.09. The third-order valence-electron chi connectivity index (χ3n) is 4.71. The molecule has 0 unspecified atom stereocenters. The first-order chi connectivity index (χ1) is 17.2. The van der Waals surface area contributed by atoms with E-state index < -0.39 is 41.4 Å². The molecule has 0 fully saturated rings. The van der Waals surface area contributed by atoms with Gasteiger partial charge in [0.25, 0.3) is 11.8 Å². The zero-order valence-corrected chi connectivity index (χ0v) is 19.0. The molecule has 3 aromatic rings. The maximum absolute atomic E-state index is 13.5. The van der Waals surface area contributed by atoms with Crippen LogP contribution in [0.3, 0.4) is 0 Å². The Balaban J connectivity index is 2.05. The molecule has 0 aliphatic carbocycles. The third kappa shape index (κ3) is 6.80. The van der Waals surface area contributed by atoms with Crippen molar-refractivity contribution in [3.63, 3.8) is 0 Å². The van der Waals surface area contributed by atoms with Gasteiger partial charge < -0.3 is 25.3 Å². The van der Waals surface area contributed by atoms with Crippen LogP contribution in [0.15, 0.2) is 48.7 Å². The standard InChI is InChI=1S/C23H17F6N3O5/c1-11-7-12(22(24,25)26)8-18(19(11)21(34)32-13-5-6-31-15(9-13)20(30)33)36-16-4-3-14(10-17(16)35-2)37-23(27,28)29/h3-10H,1-2H3,(H2,30,33)(H,31,32,34). The Labute approximate surface area is 205 Å². The second-order valence-electron chi connectivity index (χ2n) is 7.37. The van der Waals surface area contributed by atoms with Crippen molar-refractivity contribution in [2.24, 2.45) is 5.73 Å². The van der Waals surface area contributed by atoms with Crippen LogP contribution in [0.25, 0.3) is 0 Å². The van der Waals surface area contributed by atoms with Crippen molar-refractivity contribution in [1.29, 1.82) is 0 Å². The van der Waals surface area contributed by atoms with E-state index in [4.69, 9.17) is 15.2 Å². The Morgan fingerprint density at radius 3 is 2.24 bits per heavy atom. The third-order valence-corrected chi connectivity index (χ3v) is 4.71. The molecule has 0 atom stereocenters. The lowest BCUT2D eigenvalue weighted by molar-refractivity contribution is -0.274. The number of benzene rings is 2. The highest BCUT2D eigenvalue weighted by Crippen LogP contribution is 2.41. The van der Waals surface area contributed by atoms with Gasteiger partial charge in [-0.05, 0) is 48.9 Å². The van der Waals surface area contributed by atoms with Gasteiger partial charge in [-0.15, -0.1) is 13.2 Å². The molecule has 0 radical (unpaired) electrons. The van der Waals surface area contributed by atoms with E-state index in [0.29, 0.717) is 6.07 Å². The summed E-state index contributed by atoms with van der Waals surface area (Å²) in [6.07, 6.45) is -8.63. The zero-order chi connectivity index (χ0) is 27.5. The summed E-state index contributed by atoms with van der Waals surface area (Å²) >= 11 is 0. The number of rotatable bonds is 7. The van der Waals surface area contributed by atoms with Crippen molar-refractivity contribution < 1.29 is 50.1 Å². The lowest BCUT2D eigenvalue weighted by Crippen LogP contribution is -2.18. The Kier molecular flexibility index (Phi) is 7.50. The molecular formula is C23H17F6N3O5. The normalized spacial score (nSPS) is 11.6. The molecule has 3 rings (SSSR count). The summed E-state index contributed by atoms with van der Waals surface area (Å²) < 4.78 is 92.4. The quantitative estimate of drug-likeness (QED) is 0.393. The van der Waals surface area contributed by atoms with Crippen LogP contribution in [0.1, 0.15) is 32.0 Å². The number of methoxy groups -OCH3 is 1. The van der Waals surface area contributed by atoms with E-state index in [-0.39, 0.29) is 34.0 Å². The minimum Gasteiger partial charge on any atom is -0.493 e. The van der Waals surface area contributed by atoms with Gasteiger partial charge in [0.2, 0.25) is 0 Å². The number of halogens is 6. The first-order valence-electron chi connectivity index (χ1n) is 10.1. The molecule has 2 amide bonds. The molecule has 0 spiro atoms. The number of ether oxygens (including phenoxy) is 3. The molecule has 1 aromatic heterocycles. The highest BCUT2D eigenvalue weighted by Gasteiger charge is 2.34.